The van der Waals surface area contributed by atoms with Crippen LogP contribution in [0.5, 0.6) is 0 Å². The van der Waals surface area contributed by atoms with E-state index < -0.39 is 17.8 Å². The minimum Gasteiger partial charge on any atom is -0.378 e. The number of nitrogens with zero attached hydrogens (tertiary/aromatic N) is 5. The molecule has 2 unspecified atom stereocenters. The van der Waals surface area contributed by atoms with Crippen LogP contribution in [0.1, 0.15) is 25.3 Å². The summed E-state index contributed by atoms with van der Waals surface area (Å²) in [5, 5.41) is 12.2. The summed E-state index contributed by atoms with van der Waals surface area (Å²) in [4.78, 5) is 29.8. The Hall–Kier alpha value is -4.26. The lowest BCUT2D eigenvalue weighted by Crippen LogP contribution is -2.40. The summed E-state index contributed by atoms with van der Waals surface area (Å²) in [6.07, 6.45) is 0. The molecule has 2 aliphatic heterocycles. The predicted molar refractivity (Wildman–Crippen MR) is 145 cm³/mol. The van der Waals surface area contributed by atoms with Crippen molar-refractivity contribution in [2.45, 2.75) is 19.8 Å². The number of carbonyl (C=O) groups is 2. The highest BCUT2D eigenvalue weighted by Crippen LogP contribution is 2.42. The van der Waals surface area contributed by atoms with Crippen molar-refractivity contribution in [3.05, 3.63) is 90.5 Å². The molecule has 7 nitrogen and oxygen atoms in total. The van der Waals surface area contributed by atoms with Crippen LogP contribution in [0.25, 0.3) is 0 Å². The van der Waals surface area contributed by atoms with Gasteiger partial charge in [-0.3, -0.25) is 9.59 Å². The summed E-state index contributed by atoms with van der Waals surface area (Å²) < 4.78 is 0. The van der Waals surface area contributed by atoms with Gasteiger partial charge in [0.15, 0.2) is 0 Å². The van der Waals surface area contributed by atoms with Crippen LogP contribution in [-0.2, 0) is 9.59 Å². The molecule has 3 aromatic rings. The van der Waals surface area contributed by atoms with Gasteiger partial charge in [-0.2, -0.15) is 10.2 Å². The summed E-state index contributed by atoms with van der Waals surface area (Å²) in [6, 6.07) is 26.9. The quantitative estimate of drug-likeness (QED) is 0.504. The van der Waals surface area contributed by atoms with Crippen LogP contribution in [0.4, 0.5) is 17.1 Å². The molecule has 7 heteroatoms. The van der Waals surface area contributed by atoms with Crippen LogP contribution in [0, 0.1) is 11.8 Å². The van der Waals surface area contributed by atoms with Crippen LogP contribution in [0.3, 0.4) is 0 Å². The van der Waals surface area contributed by atoms with E-state index in [9.17, 15) is 9.59 Å². The van der Waals surface area contributed by atoms with Crippen molar-refractivity contribution in [3.8, 4) is 0 Å². The molecule has 0 spiro atoms. The SMILES string of the molecule is CC1=NN(c2ccccc2)C(=O)C1C(c1ccc(N(C)C)cc1)C1C(=O)N(c2ccccc2)N=C1C. The molecule has 0 bridgehead atoms. The van der Waals surface area contributed by atoms with Gasteiger partial charge < -0.3 is 4.90 Å². The number of carbonyl (C=O) groups excluding carboxylic acids is 2. The Labute approximate surface area is 211 Å². The second-order valence-electron chi connectivity index (χ2n) is 9.42. The summed E-state index contributed by atoms with van der Waals surface area (Å²) in [5.74, 6) is -1.91. The topological polar surface area (TPSA) is 68.6 Å². The molecule has 2 amide bonds. The van der Waals surface area contributed by atoms with E-state index in [1.807, 2.05) is 118 Å². The fraction of sp³-hybridized carbons (Fsp3) is 0.241. The predicted octanol–water partition coefficient (Wildman–Crippen LogP) is 4.91. The minimum atomic E-state index is -0.592. The monoisotopic (exact) mass is 479 g/mol. The third-order valence-corrected chi connectivity index (χ3v) is 6.88. The fourth-order valence-corrected chi connectivity index (χ4v) is 5.07. The zero-order valence-corrected chi connectivity index (χ0v) is 20.9. The summed E-state index contributed by atoms with van der Waals surface area (Å²) >= 11 is 0. The molecule has 0 saturated carbocycles. The first-order valence-electron chi connectivity index (χ1n) is 12.0. The number of para-hydroxylation sites is 2. The maximum atomic E-state index is 13.9. The van der Waals surface area contributed by atoms with Gasteiger partial charge in [0.1, 0.15) is 0 Å². The zero-order chi connectivity index (χ0) is 25.4. The van der Waals surface area contributed by atoms with Gasteiger partial charge >= 0.3 is 0 Å². The smallest absolute Gasteiger partial charge is 0.256 e. The second kappa shape index (κ2) is 9.41. The van der Waals surface area contributed by atoms with Gasteiger partial charge in [0.25, 0.3) is 11.8 Å². The van der Waals surface area contributed by atoms with Crippen molar-refractivity contribution in [1.29, 1.82) is 0 Å². The van der Waals surface area contributed by atoms with Crippen molar-refractivity contribution in [2.75, 3.05) is 29.0 Å². The highest BCUT2D eigenvalue weighted by Gasteiger charge is 2.50. The number of hydrogen-bond acceptors (Lipinski definition) is 5. The second-order valence-corrected chi connectivity index (χ2v) is 9.42. The van der Waals surface area contributed by atoms with Crippen molar-refractivity contribution in [3.63, 3.8) is 0 Å². The van der Waals surface area contributed by atoms with E-state index in [-0.39, 0.29) is 11.8 Å². The van der Waals surface area contributed by atoms with E-state index in [0.717, 1.165) is 11.3 Å². The Kier molecular flexibility index (Phi) is 6.14. The Morgan fingerprint density at radius 1 is 0.667 bits per heavy atom. The van der Waals surface area contributed by atoms with Crippen molar-refractivity contribution >= 4 is 40.3 Å². The van der Waals surface area contributed by atoms with Gasteiger partial charge in [-0.1, -0.05) is 48.5 Å². The molecule has 2 atom stereocenters. The van der Waals surface area contributed by atoms with E-state index in [1.165, 1.54) is 10.0 Å². The summed E-state index contributed by atoms with van der Waals surface area (Å²) in [5.41, 5.74) is 4.74. The van der Waals surface area contributed by atoms with E-state index in [2.05, 4.69) is 10.2 Å². The summed E-state index contributed by atoms with van der Waals surface area (Å²) in [7, 11) is 3.97. The number of amides is 2. The number of benzene rings is 3. The maximum Gasteiger partial charge on any atom is 0.256 e. The van der Waals surface area contributed by atoms with Crippen molar-refractivity contribution in [2.24, 2.45) is 22.0 Å². The number of hydrogen-bond donors (Lipinski definition) is 0. The Balaban J connectivity index is 1.57. The molecule has 0 aliphatic carbocycles. The van der Waals surface area contributed by atoms with Gasteiger partial charge in [-0.25, -0.2) is 10.0 Å². The highest BCUT2D eigenvalue weighted by molar-refractivity contribution is 6.19. The maximum absolute atomic E-state index is 13.9. The van der Waals surface area contributed by atoms with E-state index in [0.29, 0.717) is 22.8 Å². The average Bonchev–Trinajstić information content (AvgIpc) is 3.36. The molecule has 2 heterocycles. The summed E-state index contributed by atoms with van der Waals surface area (Å²) in [6.45, 7) is 3.74. The van der Waals surface area contributed by atoms with Gasteiger partial charge in [0.2, 0.25) is 0 Å². The minimum absolute atomic E-state index is 0.140. The molecule has 0 N–H and O–H groups in total. The van der Waals surface area contributed by atoms with E-state index in [1.54, 1.807) is 0 Å². The standard InChI is InChI=1S/C29H29N5O2/c1-19-25(28(35)33(30-19)23-11-7-5-8-12-23)27(21-15-17-22(18-16-21)32(3)4)26-20(2)31-34(29(26)36)24-13-9-6-10-14-24/h5-18,25-27H,1-4H3. The molecule has 2 aliphatic rings. The number of rotatable bonds is 6. The van der Waals surface area contributed by atoms with Gasteiger partial charge in [-0.05, 0) is 55.8 Å². The zero-order valence-electron chi connectivity index (χ0n) is 20.9. The Bertz CT molecular complexity index is 1250. The van der Waals surface area contributed by atoms with Crippen molar-refractivity contribution in [1.82, 2.24) is 0 Å². The van der Waals surface area contributed by atoms with Crippen molar-refractivity contribution < 1.29 is 9.59 Å². The first kappa shape index (κ1) is 23.5. The molecule has 3 aromatic carbocycles. The van der Waals surface area contributed by atoms with E-state index >= 15 is 0 Å². The number of anilines is 3. The first-order valence-corrected chi connectivity index (χ1v) is 12.0. The fourth-order valence-electron chi connectivity index (χ4n) is 5.07. The van der Waals surface area contributed by atoms with Crippen LogP contribution in [0.15, 0.2) is 95.1 Å². The Morgan fingerprint density at radius 2 is 1.08 bits per heavy atom. The molecule has 0 aromatic heterocycles. The normalized spacial score (nSPS) is 20.4. The third kappa shape index (κ3) is 4.06. The molecule has 5 rings (SSSR count). The van der Waals surface area contributed by atoms with Gasteiger partial charge in [-0.15, -0.1) is 0 Å². The lowest BCUT2D eigenvalue weighted by Gasteiger charge is -2.29. The van der Waals surface area contributed by atoms with E-state index in [4.69, 9.17) is 0 Å². The molecular weight excluding hydrogens is 450 g/mol. The lowest BCUT2D eigenvalue weighted by molar-refractivity contribution is -0.122. The number of hydrazone groups is 2. The molecule has 182 valence electrons. The first-order chi connectivity index (χ1) is 17.4. The molecule has 0 saturated heterocycles. The van der Waals surface area contributed by atoms with Gasteiger partial charge in [0.05, 0.1) is 23.2 Å². The van der Waals surface area contributed by atoms with Crippen LogP contribution in [0.2, 0.25) is 0 Å². The van der Waals surface area contributed by atoms with Gasteiger partial charge in [0, 0.05) is 37.1 Å². The van der Waals surface area contributed by atoms with Crippen LogP contribution < -0.4 is 14.9 Å². The average molecular weight is 480 g/mol. The molecular formula is C29H29N5O2. The highest BCUT2D eigenvalue weighted by atomic mass is 16.2. The largest absolute Gasteiger partial charge is 0.378 e. The van der Waals surface area contributed by atoms with Crippen LogP contribution >= 0.6 is 0 Å². The third-order valence-electron chi connectivity index (χ3n) is 6.88. The Morgan fingerprint density at radius 3 is 1.47 bits per heavy atom. The lowest BCUT2D eigenvalue weighted by atomic mass is 9.73. The van der Waals surface area contributed by atoms with Crippen LogP contribution in [-0.4, -0.2) is 37.3 Å². The molecule has 0 radical (unpaired) electrons. The molecule has 0 fully saturated rings. The molecule has 36 heavy (non-hydrogen) atoms.